The number of hydrogen-bond donors (Lipinski definition) is 1. The molecule has 1 heterocycles. The van der Waals surface area contributed by atoms with Gasteiger partial charge in [0, 0.05) is 37.9 Å². The first-order chi connectivity index (χ1) is 11.7. The van der Waals surface area contributed by atoms with Crippen LogP contribution in [0.1, 0.15) is 32.1 Å². The molecule has 0 radical (unpaired) electrons. The molecule has 0 atom stereocenters. The standard InChI is InChI=1S/C18H25ClN2O3/c19-11-8-18(23)21-12-9-15(10-13-21)20-17(22)7-4-14-24-16-5-2-1-3-6-16/h1-3,5-6,15H,4,7-14H2,(H,20,22). The van der Waals surface area contributed by atoms with Gasteiger partial charge in [0.05, 0.1) is 6.61 Å². The molecule has 132 valence electrons. The summed E-state index contributed by atoms with van der Waals surface area (Å²) in [4.78, 5) is 25.6. The van der Waals surface area contributed by atoms with Gasteiger partial charge in [0.2, 0.25) is 11.8 Å². The molecule has 5 nitrogen and oxygen atoms in total. The van der Waals surface area contributed by atoms with E-state index in [-0.39, 0.29) is 17.9 Å². The van der Waals surface area contributed by atoms with Crippen molar-refractivity contribution >= 4 is 23.4 Å². The van der Waals surface area contributed by atoms with Crippen LogP contribution in [0.2, 0.25) is 0 Å². The van der Waals surface area contributed by atoms with Crippen LogP contribution in [-0.2, 0) is 9.59 Å². The van der Waals surface area contributed by atoms with E-state index >= 15 is 0 Å². The van der Waals surface area contributed by atoms with Gasteiger partial charge in [-0.25, -0.2) is 0 Å². The predicted octanol–water partition coefficient (Wildman–Crippen LogP) is 2.58. The number of rotatable bonds is 8. The molecule has 1 N–H and O–H groups in total. The van der Waals surface area contributed by atoms with Crippen molar-refractivity contribution in [3.63, 3.8) is 0 Å². The molecule has 24 heavy (non-hydrogen) atoms. The summed E-state index contributed by atoms with van der Waals surface area (Å²) in [6.45, 7) is 1.92. The number of carbonyl (C=O) groups excluding carboxylic acids is 2. The number of carbonyl (C=O) groups is 2. The maximum atomic E-state index is 12.0. The summed E-state index contributed by atoms with van der Waals surface area (Å²) in [6.07, 6.45) is 3.15. The summed E-state index contributed by atoms with van der Waals surface area (Å²) in [5.41, 5.74) is 0. The third-order valence-corrected chi connectivity index (χ3v) is 4.27. The Morgan fingerprint density at radius 2 is 1.88 bits per heavy atom. The second kappa shape index (κ2) is 10.2. The molecule has 0 unspecified atom stereocenters. The zero-order valence-electron chi connectivity index (χ0n) is 13.9. The molecule has 1 aromatic rings. The molecule has 0 spiro atoms. The van der Waals surface area contributed by atoms with Gasteiger partial charge >= 0.3 is 0 Å². The number of nitrogens with zero attached hydrogens (tertiary/aromatic N) is 1. The van der Waals surface area contributed by atoms with Crippen LogP contribution in [0.25, 0.3) is 0 Å². The van der Waals surface area contributed by atoms with Crippen LogP contribution in [0.15, 0.2) is 30.3 Å². The summed E-state index contributed by atoms with van der Waals surface area (Å²) in [5.74, 6) is 1.34. The van der Waals surface area contributed by atoms with E-state index in [0.717, 1.165) is 18.6 Å². The lowest BCUT2D eigenvalue weighted by Crippen LogP contribution is -2.46. The van der Waals surface area contributed by atoms with Crippen molar-refractivity contribution in [2.24, 2.45) is 0 Å². The van der Waals surface area contributed by atoms with Gasteiger partial charge in [-0.1, -0.05) is 18.2 Å². The fraction of sp³-hybridized carbons (Fsp3) is 0.556. The van der Waals surface area contributed by atoms with Crippen molar-refractivity contribution in [3.05, 3.63) is 30.3 Å². The van der Waals surface area contributed by atoms with Crippen LogP contribution >= 0.6 is 11.6 Å². The molecule has 1 aromatic carbocycles. The van der Waals surface area contributed by atoms with Gasteiger partial charge in [-0.3, -0.25) is 9.59 Å². The topological polar surface area (TPSA) is 58.6 Å². The van der Waals surface area contributed by atoms with E-state index in [0.29, 0.717) is 44.8 Å². The molecule has 2 amide bonds. The second-order valence-electron chi connectivity index (χ2n) is 5.93. The van der Waals surface area contributed by atoms with Gasteiger partial charge in [-0.05, 0) is 31.4 Å². The SMILES string of the molecule is O=C(CCCOc1ccccc1)NC1CCN(C(=O)CCCl)CC1. The largest absolute Gasteiger partial charge is 0.494 e. The zero-order chi connectivity index (χ0) is 17.2. The summed E-state index contributed by atoms with van der Waals surface area (Å²) in [7, 11) is 0. The van der Waals surface area contributed by atoms with Crippen molar-refractivity contribution in [1.29, 1.82) is 0 Å². The Morgan fingerprint density at radius 1 is 1.17 bits per heavy atom. The molecule has 1 aliphatic rings. The first-order valence-corrected chi connectivity index (χ1v) is 9.03. The van der Waals surface area contributed by atoms with Crippen molar-refractivity contribution in [3.8, 4) is 5.75 Å². The van der Waals surface area contributed by atoms with Gasteiger partial charge in [0.25, 0.3) is 0 Å². The minimum absolute atomic E-state index is 0.0530. The van der Waals surface area contributed by atoms with Crippen molar-refractivity contribution in [2.75, 3.05) is 25.6 Å². The van der Waals surface area contributed by atoms with E-state index in [2.05, 4.69) is 5.32 Å². The van der Waals surface area contributed by atoms with Gasteiger partial charge in [-0.15, -0.1) is 11.6 Å². The molecule has 0 saturated carbocycles. The number of ether oxygens (including phenoxy) is 1. The maximum absolute atomic E-state index is 12.0. The lowest BCUT2D eigenvalue weighted by atomic mass is 10.0. The number of alkyl halides is 1. The highest BCUT2D eigenvalue weighted by Crippen LogP contribution is 2.12. The first kappa shape index (κ1) is 18.6. The molecule has 1 saturated heterocycles. The van der Waals surface area contributed by atoms with E-state index in [1.807, 2.05) is 35.2 Å². The Balaban J connectivity index is 1.57. The average Bonchev–Trinajstić information content (AvgIpc) is 2.60. The molecular formula is C18H25ClN2O3. The number of para-hydroxylation sites is 1. The van der Waals surface area contributed by atoms with Crippen LogP contribution in [0.4, 0.5) is 0 Å². The fourth-order valence-electron chi connectivity index (χ4n) is 2.75. The van der Waals surface area contributed by atoms with E-state index in [1.54, 1.807) is 0 Å². The number of hydrogen-bond acceptors (Lipinski definition) is 3. The molecule has 6 heteroatoms. The van der Waals surface area contributed by atoms with Gasteiger partial charge in [0.1, 0.15) is 5.75 Å². The van der Waals surface area contributed by atoms with Gasteiger partial charge in [0.15, 0.2) is 0 Å². The number of halogens is 1. The predicted molar refractivity (Wildman–Crippen MR) is 94.3 cm³/mol. The van der Waals surface area contributed by atoms with E-state index in [1.165, 1.54) is 0 Å². The first-order valence-electron chi connectivity index (χ1n) is 8.50. The van der Waals surface area contributed by atoms with Crippen LogP contribution in [-0.4, -0.2) is 48.3 Å². The van der Waals surface area contributed by atoms with E-state index in [9.17, 15) is 9.59 Å². The van der Waals surface area contributed by atoms with Crippen LogP contribution in [0.5, 0.6) is 5.75 Å². The second-order valence-corrected chi connectivity index (χ2v) is 6.30. The quantitative estimate of drug-likeness (QED) is 0.578. The highest BCUT2D eigenvalue weighted by atomic mass is 35.5. The normalized spacial score (nSPS) is 15.1. The molecule has 0 aliphatic carbocycles. The number of benzene rings is 1. The Labute approximate surface area is 148 Å². The van der Waals surface area contributed by atoms with Crippen LogP contribution in [0.3, 0.4) is 0 Å². The Morgan fingerprint density at radius 3 is 2.54 bits per heavy atom. The number of piperidine rings is 1. The summed E-state index contributed by atoms with van der Waals surface area (Å²) < 4.78 is 5.57. The lowest BCUT2D eigenvalue weighted by molar-refractivity contribution is -0.132. The zero-order valence-corrected chi connectivity index (χ0v) is 14.6. The molecule has 1 fully saturated rings. The van der Waals surface area contributed by atoms with Gasteiger partial charge < -0.3 is 15.0 Å². The Bertz CT molecular complexity index is 516. The molecular weight excluding hydrogens is 328 g/mol. The number of likely N-dealkylation sites (tertiary alicyclic amines) is 1. The molecule has 0 aromatic heterocycles. The summed E-state index contributed by atoms with van der Waals surface area (Å²) in [6, 6.07) is 9.75. The monoisotopic (exact) mass is 352 g/mol. The Hall–Kier alpha value is -1.75. The number of nitrogens with one attached hydrogen (secondary N) is 1. The smallest absolute Gasteiger partial charge is 0.223 e. The molecule has 0 bridgehead atoms. The minimum Gasteiger partial charge on any atom is -0.494 e. The molecule has 1 aliphatic heterocycles. The lowest BCUT2D eigenvalue weighted by Gasteiger charge is -2.32. The van der Waals surface area contributed by atoms with Crippen LogP contribution < -0.4 is 10.1 Å². The number of amides is 2. The summed E-state index contributed by atoms with van der Waals surface area (Å²) in [5, 5.41) is 3.05. The van der Waals surface area contributed by atoms with E-state index < -0.39 is 0 Å². The highest BCUT2D eigenvalue weighted by Gasteiger charge is 2.23. The highest BCUT2D eigenvalue weighted by molar-refractivity contribution is 6.18. The fourth-order valence-corrected chi connectivity index (χ4v) is 2.91. The van der Waals surface area contributed by atoms with Crippen molar-refractivity contribution in [2.45, 2.75) is 38.1 Å². The van der Waals surface area contributed by atoms with Gasteiger partial charge in [-0.2, -0.15) is 0 Å². The van der Waals surface area contributed by atoms with Crippen LogP contribution in [0, 0.1) is 0 Å². The van der Waals surface area contributed by atoms with Crippen molar-refractivity contribution in [1.82, 2.24) is 10.2 Å². The third kappa shape index (κ3) is 6.40. The maximum Gasteiger partial charge on any atom is 0.223 e. The van der Waals surface area contributed by atoms with Crippen molar-refractivity contribution < 1.29 is 14.3 Å². The molecule has 2 rings (SSSR count). The van der Waals surface area contributed by atoms with E-state index in [4.69, 9.17) is 16.3 Å². The minimum atomic E-state index is 0.0530. The average molecular weight is 353 g/mol. The summed E-state index contributed by atoms with van der Waals surface area (Å²) >= 11 is 5.60. The Kier molecular flexibility index (Phi) is 7.89. The third-order valence-electron chi connectivity index (χ3n) is 4.08.